The normalized spacial score (nSPS) is 12.6. The summed E-state index contributed by atoms with van der Waals surface area (Å²) < 4.78 is 4.01. The van der Waals surface area contributed by atoms with Crippen LogP contribution in [0.25, 0.3) is 11.2 Å². The van der Waals surface area contributed by atoms with Crippen molar-refractivity contribution in [3.05, 3.63) is 50.9 Å². The van der Waals surface area contributed by atoms with Gasteiger partial charge in [-0.1, -0.05) is 6.07 Å². The second-order valence-electron chi connectivity index (χ2n) is 6.28. The minimum Gasteiger partial charge on any atom is -0.504 e. The van der Waals surface area contributed by atoms with Gasteiger partial charge in [-0.05, 0) is 17.7 Å². The Kier molecular flexibility index (Phi) is 5.02. The number of phenols is 2. The fourth-order valence-corrected chi connectivity index (χ4v) is 2.87. The van der Waals surface area contributed by atoms with Gasteiger partial charge in [-0.15, -0.1) is 0 Å². The van der Waals surface area contributed by atoms with Crippen LogP contribution in [0.4, 0.5) is 0 Å². The number of aromatic hydroxyl groups is 2. The summed E-state index contributed by atoms with van der Waals surface area (Å²) >= 11 is 0. The molecule has 0 amide bonds. The fourth-order valence-electron chi connectivity index (χ4n) is 2.87. The van der Waals surface area contributed by atoms with Crippen molar-refractivity contribution in [2.45, 2.75) is 12.6 Å². The van der Waals surface area contributed by atoms with Crippen molar-refractivity contribution in [2.75, 3.05) is 13.1 Å². The Morgan fingerprint density at radius 3 is 2.59 bits per heavy atom. The van der Waals surface area contributed by atoms with Gasteiger partial charge in [-0.25, -0.2) is 9.78 Å². The standard InChI is InChI=1S/C17H21N5O5/c1-20-15-14(16(26)21(2)17(20)27)22(9-19-15)6-5-18-8-13(25)10-3-4-11(23)12(24)7-10/h3-4,7,9,13,18,23-25H,5-6,8H2,1-2H3/t13-/m1/s1. The van der Waals surface area contributed by atoms with E-state index in [1.807, 2.05) is 0 Å². The molecule has 0 fully saturated rings. The third kappa shape index (κ3) is 3.44. The molecule has 0 aliphatic heterocycles. The Balaban J connectivity index is 1.67. The molecule has 1 atom stereocenters. The number of aromatic nitrogens is 4. The number of phenolic OH excluding ortho intramolecular Hbond substituents is 2. The Hall–Kier alpha value is -3.11. The van der Waals surface area contributed by atoms with Gasteiger partial charge in [-0.2, -0.15) is 0 Å². The molecule has 0 aliphatic carbocycles. The van der Waals surface area contributed by atoms with Crippen molar-refractivity contribution in [3.8, 4) is 11.5 Å². The Morgan fingerprint density at radius 2 is 1.89 bits per heavy atom. The van der Waals surface area contributed by atoms with Gasteiger partial charge in [0.2, 0.25) is 0 Å². The first-order valence-electron chi connectivity index (χ1n) is 8.32. The van der Waals surface area contributed by atoms with E-state index in [0.717, 1.165) is 4.57 Å². The topological polar surface area (TPSA) is 135 Å². The van der Waals surface area contributed by atoms with Gasteiger partial charge in [0.05, 0.1) is 12.4 Å². The molecule has 0 radical (unpaired) electrons. The maximum atomic E-state index is 12.4. The van der Waals surface area contributed by atoms with E-state index in [1.54, 1.807) is 11.6 Å². The summed E-state index contributed by atoms with van der Waals surface area (Å²) in [4.78, 5) is 28.4. The van der Waals surface area contributed by atoms with E-state index in [2.05, 4.69) is 10.3 Å². The quantitative estimate of drug-likeness (QED) is 0.326. The van der Waals surface area contributed by atoms with Gasteiger partial charge >= 0.3 is 5.69 Å². The molecule has 0 spiro atoms. The number of aliphatic hydroxyl groups is 1. The molecule has 0 saturated carbocycles. The Bertz CT molecular complexity index is 1100. The number of imidazole rings is 1. The van der Waals surface area contributed by atoms with E-state index in [1.165, 1.54) is 36.1 Å². The Morgan fingerprint density at radius 1 is 1.15 bits per heavy atom. The summed E-state index contributed by atoms with van der Waals surface area (Å²) in [6.45, 7) is 1.07. The first kappa shape index (κ1) is 18.7. The summed E-state index contributed by atoms with van der Waals surface area (Å²) in [6, 6.07) is 4.13. The second kappa shape index (κ2) is 7.25. The molecule has 4 N–H and O–H groups in total. The predicted molar refractivity (Wildman–Crippen MR) is 97.8 cm³/mol. The van der Waals surface area contributed by atoms with E-state index in [4.69, 9.17) is 0 Å². The summed E-state index contributed by atoms with van der Waals surface area (Å²) in [5.74, 6) is -0.542. The van der Waals surface area contributed by atoms with Crippen LogP contribution in [0.5, 0.6) is 11.5 Å². The van der Waals surface area contributed by atoms with Gasteiger partial charge in [0.15, 0.2) is 22.7 Å². The summed E-state index contributed by atoms with van der Waals surface area (Å²) in [7, 11) is 2.98. The number of benzene rings is 1. The lowest BCUT2D eigenvalue weighted by molar-refractivity contribution is 0.174. The molecule has 2 aromatic heterocycles. The van der Waals surface area contributed by atoms with Crippen LogP contribution in [0.15, 0.2) is 34.1 Å². The predicted octanol–water partition coefficient (Wildman–Crippen LogP) is -0.832. The van der Waals surface area contributed by atoms with Crippen LogP contribution in [0.3, 0.4) is 0 Å². The van der Waals surface area contributed by atoms with Gasteiger partial charge in [0.1, 0.15) is 0 Å². The van der Waals surface area contributed by atoms with Crippen molar-refractivity contribution in [1.29, 1.82) is 0 Å². The third-order valence-corrected chi connectivity index (χ3v) is 4.47. The molecule has 3 rings (SSSR count). The molecule has 1 aromatic carbocycles. The van der Waals surface area contributed by atoms with Crippen LogP contribution in [0.2, 0.25) is 0 Å². The SMILES string of the molecule is Cn1c(=O)c2c(ncn2CCNC[C@@H](O)c2ccc(O)c(O)c2)n(C)c1=O. The van der Waals surface area contributed by atoms with Gasteiger partial charge in [0, 0.05) is 33.7 Å². The number of rotatable bonds is 6. The molecule has 3 aromatic rings. The van der Waals surface area contributed by atoms with Crippen molar-refractivity contribution >= 4 is 11.2 Å². The summed E-state index contributed by atoms with van der Waals surface area (Å²) in [5, 5.41) is 32.0. The molecular weight excluding hydrogens is 354 g/mol. The molecule has 0 aliphatic rings. The maximum absolute atomic E-state index is 12.4. The lowest BCUT2D eigenvalue weighted by Gasteiger charge is -2.13. The number of fused-ring (bicyclic) bond motifs is 1. The minimum atomic E-state index is -0.871. The smallest absolute Gasteiger partial charge is 0.332 e. The highest BCUT2D eigenvalue weighted by Gasteiger charge is 2.14. The molecule has 144 valence electrons. The number of hydrogen-bond acceptors (Lipinski definition) is 7. The summed E-state index contributed by atoms with van der Waals surface area (Å²) in [6.07, 6.45) is 0.631. The Labute approximate surface area is 153 Å². The van der Waals surface area contributed by atoms with E-state index >= 15 is 0 Å². The molecule has 0 saturated heterocycles. The number of aryl methyl sites for hydroxylation is 1. The zero-order chi connectivity index (χ0) is 19.7. The highest BCUT2D eigenvalue weighted by atomic mass is 16.3. The first-order chi connectivity index (χ1) is 12.8. The van der Waals surface area contributed by atoms with Crippen LogP contribution < -0.4 is 16.6 Å². The number of hydrogen-bond donors (Lipinski definition) is 4. The zero-order valence-corrected chi connectivity index (χ0v) is 15.0. The van der Waals surface area contributed by atoms with E-state index < -0.39 is 17.4 Å². The number of nitrogens with zero attached hydrogens (tertiary/aromatic N) is 4. The van der Waals surface area contributed by atoms with Crippen molar-refractivity contribution < 1.29 is 15.3 Å². The molecule has 0 unspecified atom stereocenters. The van der Waals surface area contributed by atoms with Gasteiger partial charge < -0.3 is 25.2 Å². The van der Waals surface area contributed by atoms with Crippen LogP contribution in [0.1, 0.15) is 11.7 Å². The van der Waals surface area contributed by atoms with Crippen molar-refractivity contribution in [3.63, 3.8) is 0 Å². The van der Waals surface area contributed by atoms with Crippen LogP contribution in [0, 0.1) is 0 Å². The second-order valence-corrected chi connectivity index (χ2v) is 6.28. The average Bonchev–Trinajstić information content (AvgIpc) is 3.08. The minimum absolute atomic E-state index is 0.216. The maximum Gasteiger partial charge on any atom is 0.332 e. The highest BCUT2D eigenvalue weighted by molar-refractivity contribution is 5.69. The first-order valence-corrected chi connectivity index (χ1v) is 8.32. The third-order valence-electron chi connectivity index (χ3n) is 4.47. The molecule has 0 bridgehead atoms. The van der Waals surface area contributed by atoms with E-state index in [0.29, 0.717) is 29.8 Å². The van der Waals surface area contributed by atoms with E-state index in [9.17, 15) is 24.9 Å². The highest BCUT2D eigenvalue weighted by Crippen LogP contribution is 2.27. The molecular formula is C17H21N5O5. The lowest BCUT2D eigenvalue weighted by atomic mass is 10.1. The molecule has 27 heavy (non-hydrogen) atoms. The fraction of sp³-hybridized carbons (Fsp3) is 0.353. The average molecular weight is 375 g/mol. The van der Waals surface area contributed by atoms with Crippen LogP contribution in [-0.4, -0.2) is 47.1 Å². The van der Waals surface area contributed by atoms with Crippen LogP contribution >= 0.6 is 0 Å². The molecule has 2 heterocycles. The number of aliphatic hydroxyl groups excluding tert-OH is 1. The summed E-state index contributed by atoms with van der Waals surface area (Å²) in [5.41, 5.74) is 0.282. The van der Waals surface area contributed by atoms with Crippen molar-refractivity contribution in [2.24, 2.45) is 14.1 Å². The molecule has 10 heteroatoms. The van der Waals surface area contributed by atoms with Crippen LogP contribution in [-0.2, 0) is 20.6 Å². The zero-order valence-electron chi connectivity index (χ0n) is 15.0. The lowest BCUT2D eigenvalue weighted by Crippen LogP contribution is -2.37. The van der Waals surface area contributed by atoms with Gasteiger partial charge in [-0.3, -0.25) is 13.9 Å². The molecule has 10 nitrogen and oxygen atoms in total. The monoisotopic (exact) mass is 375 g/mol. The van der Waals surface area contributed by atoms with Gasteiger partial charge in [0.25, 0.3) is 5.56 Å². The largest absolute Gasteiger partial charge is 0.504 e. The number of nitrogens with one attached hydrogen (secondary N) is 1. The van der Waals surface area contributed by atoms with Crippen molar-refractivity contribution in [1.82, 2.24) is 24.0 Å². The van der Waals surface area contributed by atoms with E-state index in [-0.39, 0.29) is 18.0 Å².